The topological polar surface area (TPSA) is 81.1 Å². The maximum absolute atomic E-state index is 11.7. The van der Waals surface area contributed by atoms with E-state index < -0.39 is 17.4 Å². The highest BCUT2D eigenvalue weighted by atomic mass is 16.3. The predicted octanol–water partition coefficient (Wildman–Crippen LogP) is 1.08. The zero-order valence-corrected chi connectivity index (χ0v) is 10.9. The molecule has 0 radical (unpaired) electrons. The monoisotopic (exact) mass is 269 g/mol. The van der Waals surface area contributed by atoms with Crippen LogP contribution in [0.2, 0.25) is 0 Å². The normalized spacial score (nSPS) is 22.9. The van der Waals surface area contributed by atoms with E-state index in [1.165, 1.54) is 0 Å². The average Bonchev–Trinajstić information content (AvgIpc) is 3.03. The standard InChI is InChI=1S/C15H15N3O2/c16-14(20)15(5-6-15)13(19)12-10-4-2-1-3-9(10)11-7-17-8-18(11)12/h1-4,7-8,12-13,19H,5-6H2,(H2,16,20)/t12-,13+/m0/s1. The molecular weight excluding hydrogens is 254 g/mol. The Labute approximate surface area is 116 Å². The molecule has 2 heterocycles. The van der Waals surface area contributed by atoms with Gasteiger partial charge in [-0.15, -0.1) is 0 Å². The van der Waals surface area contributed by atoms with Crippen LogP contribution in [0.5, 0.6) is 0 Å². The molecule has 0 saturated heterocycles. The number of fused-ring (bicyclic) bond motifs is 3. The molecule has 1 aromatic heterocycles. The van der Waals surface area contributed by atoms with Crippen molar-refractivity contribution in [3.8, 4) is 11.3 Å². The van der Waals surface area contributed by atoms with Crippen LogP contribution >= 0.6 is 0 Å². The van der Waals surface area contributed by atoms with Crippen molar-refractivity contribution in [1.29, 1.82) is 0 Å². The molecule has 4 rings (SSSR count). The molecule has 0 spiro atoms. The summed E-state index contributed by atoms with van der Waals surface area (Å²) >= 11 is 0. The molecule has 5 nitrogen and oxygen atoms in total. The van der Waals surface area contributed by atoms with Gasteiger partial charge in [0.2, 0.25) is 5.91 Å². The van der Waals surface area contributed by atoms with Crippen LogP contribution < -0.4 is 5.73 Å². The summed E-state index contributed by atoms with van der Waals surface area (Å²) < 4.78 is 1.94. The fraction of sp³-hybridized carbons (Fsp3) is 0.333. The summed E-state index contributed by atoms with van der Waals surface area (Å²) in [5.41, 5.74) is 7.79. The number of aromatic nitrogens is 2. The van der Waals surface area contributed by atoms with E-state index in [4.69, 9.17) is 5.73 Å². The highest BCUT2D eigenvalue weighted by Gasteiger charge is 2.58. The Morgan fingerprint density at radius 3 is 2.90 bits per heavy atom. The largest absolute Gasteiger partial charge is 0.389 e. The van der Waals surface area contributed by atoms with Crippen molar-refractivity contribution < 1.29 is 9.90 Å². The number of hydrogen-bond donors (Lipinski definition) is 2. The minimum absolute atomic E-state index is 0.279. The Hall–Kier alpha value is -2.14. The fourth-order valence-corrected chi connectivity index (χ4v) is 3.32. The van der Waals surface area contributed by atoms with Gasteiger partial charge in [-0.25, -0.2) is 4.98 Å². The summed E-state index contributed by atoms with van der Waals surface area (Å²) in [6, 6.07) is 7.64. The van der Waals surface area contributed by atoms with E-state index in [1.54, 1.807) is 12.5 Å². The molecule has 1 saturated carbocycles. The molecule has 1 aliphatic heterocycles. The lowest BCUT2D eigenvalue weighted by Gasteiger charge is -2.27. The number of primary amides is 1. The van der Waals surface area contributed by atoms with Crippen LogP contribution in [0.4, 0.5) is 0 Å². The maximum atomic E-state index is 11.7. The van der Waals surface area contributed by atoms with E-state index in [0.29, 0.717) is 12.8 Å². The smallest absolute Gasteiger partial charge is 0.226 e. The summed E-state index contributed by atoms with van der Waals surface area (Å²) in [5.74, 6) is -0.406. The van der Waals surface area contributed by atoms with E-state index in [0.717, 1.165) is 16.8 Å². The van der Waals surface area contributed by atoms with Crippen molar-refractivity contribution in [1.82, 2.24) is 9.55 Å². The van der Waals surface area contributed by atoms with E-state index >= 15 is 0 Å². The van der Waals surface area contributed by atoms with Gasteiger partial charge in [-0.2, -0.15) is 0 Å². The summed E-state index contributed by atoms with van der Waals surface area (Å²) in [5, 5.41) is 10.8. The van der Waals surface area contributed by atoms with Crippen molar-refractivity contribution in [2.75, 3.05) is 0 Å². The number of benzene rings is 1. The molecule has 3 N–H and O–H groups in total. The van der Waals surface area contributed by atoms with Crippen molar-refractivity contribution >= 4 is 5.91 Å². The number of aliphatic hydroxyl groups excluding tert-OH is 1. The predicted molar refractivity (Wildman–Crippen MR) is 72.7 cm³/mol. The number of nitrogens with zero attached hydrogens (tertiary/aromatic N) is 2. The van der Waals surface area contributed by atoms with Crippen LogP contribution in [-0.4, -0.2) is 26.7 Å². The lowest BCUT2D eigenvalue weighted by atomic mass is 9.88. The second kappa shape index (κ2) is 3.70. The number of rotatable bonds is 3. The molecule has 2 atom stereocenters. The highest BCUT2D eigenvalue weighted by molar-refractivity contribution is 5.85. The molecule has 20 heavy (non-hydrogen) atoms. The summed E-state index contributed by atoms with van der Waals surface area (Å²) in [7, 11) is 0. The molecule has 102 valence electrons. The first-order chi connectivity index (χ1) is 9.65. The van der Waals surface area contributed by atoms with E-state index in [2.05, 4.69) is 4.98 Å². The third-order valence-corrected chi connectivity index (χ3v) is 4.67. The first kappa shape index (κ1) is 11.7. The van der Waals surface area contributed by atoms with Crippen LogP contribution in [0, 0.1) is 5.41 Å². The number of hydrogen-bond acceptors (Lipinski definition) is 3. The number of carbonyl (C=O) groups is 1. The Morgan fingerprint density at radius 2 is 2.20 bits per heavy atom. The third kappa shape index (κ3) is 1.30. The van der Waals surface area contributed by atoms with E-state index in [-0.39, 0.29) is 6.04 Å². The van der Waals surface area contributed by atoms with Crippen LogP contribution in [0.3, 0.4) is 0 Å². The second-order valence-electron chi connectivity index (χ2n) is 5.68. The van der Waals surface area contributed by atoms with Crippen LogP contribution in [0.1, 0.15) is 24.4 Å². The fourth-order valence-electron chi connectivity index (χ4n) is 3.32. The van der Waals surface area contributed by atoms with Gasteiger partial charge in [-0.3, -0.25) is 4.79 Å². The molecule has 2 aliphatic rings. The van der Waals surface area contributed by atoms with Crippen LogP contribution in [0.25, 0.3) is 11.3 Å². The van der Waals surface area contributed by atoms with E-state index in [9.17, 15) is 9.90 Å². The molecule has 0 unspecified atom stereocenters. The minimum atomic E-state index is -0.809. The first-order valence-electron chi connectivity index (χ1n) is 6.74. The molecular formula is C15H15N3O2. The molecule has 1 aromatic carbocycles. The van der Waals surface area contributed by atoms with E-state index in [1.807, 2.05) is 28.8 Å². The summed E-state index contributed by atoms with van der Waals surface area (Å²) in [4.78, 5) is 15.8. The SMILES string of the molecule is NC(=O)C1([C@H](O)[C@@H]2c3ccccc3-c3cncn32)CC1. The lowest BCUT2D eigenvalue weighted by Crippen LogP contribution is -2.40. The third-order valence-electron chi connectivity index (χ3n) is 4.67. The Morgan fingerprint density at radius 1 is 1.45 bits per heavy atom. The molecule has 1 aliphatic carbocycles. The van der Waals surface area contributed by atoms with Crippen LogP contribution in [0.15, 0.2) is 36.8 Å². The molecule has 2 aromatic rings. The number of nitrogens with two attached hydrogens (primary N) is 1. The first-order valence-corrected chi connectivity index (χ1v) is 6.74. The quantitative estimate of drug-likeness (QED) is 0.874. The van der Waals surface area contributed by atoms with Crippen molar-refractivity contribution in [3.05, 3.63) is 42.4 Å². The van der Waals surface area contributed by atoms with Crippen molar-refractivity contribution in [3.63, 3.8) is 0 Å². The van der Waals surface area contributed by atoms with Crippen LogP contribution in [-0.2, 0) is 4.79 Å². The minimum Gasteiger partial charge on any atom is -0.389 e. The van der Waals surface area contributed by atoms with Crippen molar-refractivity contribution in [2.45, 2.75) is 25.0 Å². The van der Waals surface area contributed by atoms with Gasteiger partial charge in [0.15, 0.2) is 0 Å². The summed E-state index contributed by atoms with van der Waals surface area (Å²) in [6.45, 7) is 0. The average molecular weight is 269 g/mol. The number of carbonyl (C=O) groups excluding carboxylic acids is 1. The highest BCUT2D eigenvalue weighted by Crippen LogP contribution is 2.54. The van der Waals surface area contributed by atoms with Gasteiger partial charge >= 0.3 is 0 Å². The number of amides is 1. The van der Waals surface area contributed by atoms with Gasteiger partial charge in [0.1, 0.15) is 0 Å². The second-order valence-corrected chi connectivity index (χ2v) is 5.68. The maximum Gasteiger partial charge on any atom is 0.226 e. The number of imidazole rings is 1. The van der Waals surface area contributed by atoms with Gasteiger partial charge in [0.25, 0.3) is 0 Å². The van der Waals surface area contributed by atoms with Gasteiger partial charge in [0.05, 0.1) is 35.8 Å². The lowest BCUT2D eigenvalue weighted by molar-refractivity contribution is -0.128. The Balaban J connectivity index is 1.85. The Kier molecular flexibility index (Phi) is 2.16. The zero-order chi connectivity index (χ0) is 13.9. The zero-order valence-electron chi connectivity index (χ0n) is 10.9. The summed E-state index contributed by atoms with van der Waals surface area (Å²) in [6.07, 6.45) is 4.00. The Bertz CT molecular complexity index is 703. The van der Waals surface area contributed by atoms with Gasteiger partial charge in [0, 0.05) is 5.56 Å². The molecule has 5 heteroatoms. The number of aliphatic hydroxyl groups is 1. The van der Waals surface area contributed by atoms with Crippen molar-refractivity contribution in [2.24, 2.45) is 11.1 Å². The van der Waals surface area contributed by atoms with Gasteiger partial charge in [-0.05, 0) is 18.4 Å². The van der Waals surface area contributed by atoms with Gasteiger partial charge < -0.3 is 15.4 Å². The molecule has 1 fully saturated rings. The molecule has 0 bridgehead atoms. The van der Waals surface area contributed by atoms with Gasteiger partial charge in [-0.1, -0.05) is 24.3 Å². The molecule has 1 amide bonds.